The van der Waals surface area contributed by atoms with Crippen LogP contribution in [0, 0.1) is 0 Å². The minimum absolute atomic E-state index is 0.583. The second kappa shape index (κ2) is 9.91. The number of hydrogen-bond donors (Lipinski definition) is 2. The van der Waals surface area contributed by atoms with Gasteiger partial charge in [-0.15, -0.1) is 10.2 Å². The van der Waals surface area contributed by atoms with Crippen LogP contribution in [0.2, 0.25) is 0 Å². The van der Waals surface area contributed by atoms with Crippen molar-refractivity contribution >= 4 is 11.6 Å². The number of hydrogen-bond acceptors (Lipinski definition) is 5. The lowest BCUT2D eigenvalue weighted by atomic mass is 10.2. The van der Waals surface area contributed by atoms with Gasteiger partial charge in [-0.2, -0.15) is 0 Å². The molecule has 0 bridgehead atoms. The van der Waals surface area contributed by atoms with Gasteiger partial charge >= 0.3 is 0 Å². The van der Waals surface area contributed by atoms with Crippen molar-refractivity contribution in [2.24, 2.45) is 4.99 Å². The van der Waals surface area contributed by atoms with Gasteiger partial charge in [0.25, 0.3) is 0 Å². The third-order valence-corrected chi connectivity index (χ3v) is 4.43. The van der Waals surface area contributed by atoms with Crippen LogP contribution < -0.4 is 15.4 Å². The fraction of sp³-hybridized carbons (Fsp3) is 0.526. The average molecular weight is 372 g/mol. The molecule has 0 atom stereocenters. The van der Waals surface area contributed by atoms with Gasteiger partial charge in [0.05, 0.1) is 13.2 Å². The second-order valence-electron chi connectivity index (χ2n) is 6.41. The summed E-state index contributed by atoms with van der Waals surface area (Å²) in [6.07, 6.45) is 4.25. The molecule has 146 valence electrons. The number of guanidine groups is 1. The summed E-state index contributed by atoms with van der Waals surface area (Å²) in [5, 5.41) is 15.2. The van der Waals surface area contributed by atoms with Crippen molar-refractivity contribution in [2.45, 2.75) is 38.8 Å². The highest BCUT2D eigenvalue weighted by atomic mass is 16.5. The largest absolute Gasteiger partial charge is 0.493 e. The molecular formula is C19H28N6O2. The van der Waals surface area contributed by atoms with Gasteiger partial charge in [-0.25, -0.2) is 0 Å². The van der Waals surface area contributed by atoms with Gasteiger partial charge in [-0.3, -0.25) is 4.99 Å². The van der Waals surface area contributed by atoms with Crippen LogP contribution in [0.3, 0.4) is 0 Å². The third-order valence-electron chi connectivity index (χ3n) is 4.43. The van der Waals surface area contributed by atoms with Crippen molar-refractivity contribution in [2.75, 3.05) is 32.7 Å². The molecule has 1 aromatic carbocycles. The summed E-state index contributed by atoms with van der Waals surface area (Å²) in [5.74, 6) is 3.53. The van der Waals surface area contributed by atoms with E-state index in [9.17, 15) is 0 Å². The summed E-state index contributed by atoms with van der Waals surface area (Å²) in [6.45, 7) is 2.90. The molecule has 2 heterocycles. The lowest BCUT2D eigenvalue weighted by Gasteiger charge is -2.16. The van der Waals surface area contributed by atoms with Gasteiger partial charge in [0, 0.05) is 51.9 Å². The highest BCUT2D eigenvalue weighted by Crippen LogP contribution is 2.18. The van der Waals surface area contributed by atoms with Crippen LogP contribution >= 0.6 is 0 Å². The first-order valence-corrected chi connectivity index (χ1v) is 9.40. The van der Waals surface area contributed by atoms with E-state index in [1.165, 1.54) is 12.8 Å². The highest BCUT2D eigenvalue weighted by molar-refractivity contribution is 5.93. The average Bonchev–Trinajstić information content (AvgIpc) is 3.12. The van der Waals surface area contributed by atoms with E-state index in [1.54, 1.807) is 14.2 Å². The molecule has 1 aromatic heterocycles. The summed E-state index contributed by atoms with van der Waals surface area (Å²) in [7, 11) is 3.44. The van der Waals surface area contributed by atoms with Gasteiger partial charge in [0.1, 0.15) is 11.6 Å². The van der Waals surface area contributed by atoms with Gasteiger partial charge in [-0.1, -0.05) is 6.07 Å². The molecule has 27 heavy (non-hydrogen) atoms. The van der Waals surface area contributed by atoms with Crippen molar-refractivity contribution in [3.05, 3.63) is 35.9 Å². The van der Waals surface area contributed by atoms with Crippen molar-refractivity contribution < 1.29 is 9.47 Å². The van der Waals surface area contributed by atoms with Crippen molar-refractivity contribution in [3.63, 3.8) is 0 Å². The standard InChI is InChI=1S/C19H28N6O2/c1-20-19(21-14-18-24-23-17-9-3-4-10-25(17)18)22-15-7-5-8-16(13-15)27-12-6-11-26-2/h5,7-8,13H,3-4,6,9-12,14H2,1-2H3,(H2,20,21,22). The third kappa shape index (κ3) is 5.43. The van der Waals surface area contributed by atoms with E-state index in [0.717, 1.165) is 42.5 Å². The van der Waals surface area contributed by atoms with E-state index in [4.69, 9.17) is 9.47 Å². The maximum absolute atomic E-state index is 5.74. The fourth-order valence-electron chi connectivity index (χ4n) is 3.03. The molecule has 0 amide bonds. The van der Waals surface area contributed by atoms with Crippen molar-refractivity contribution in [1.82, 2.24) is 20.1 Å². The maximum atomic E-state index is 5.74. The lowest BCUT2D eigenvalue weighted by molar-refractivity contribution is 0.172. The number of aromatic nitrogens is 3. The van der Waals surface area contributed by atoms with Crippen LogP contribution in [0.25, 0.3) is 0 Å². The first-order chi connectivity index (χ1) is 13.3. The van der Waals surface area contributed by atoms with Crippen molar-refractivity contribution in [3.8, 4) is 5.75 Å². The van der Waals surface area contributed by atoms with Gasteiger partial charge in [0.2, 0.25) is 0 Å². The van der Waals surface area contributed by atoms with Gasteiger partial charge in [0.15, 0.2) is 11.8 Å². The molecular weight excluding hydrogens is 344 g/mol. The topological polar surface area (TPSA) is 85.6 Å². The molecule has 0 spiro atoms. The predicted molar refractivity (Wildman–Crippen MR) is 105 cm³/mol. The number of methoxy groups -OCH3 is 1. The smallest absolute Gasteiger partial charge is 0.195 e. The fourth-order valence-corrected chi connectivity index (χ4v) is 3.03. The summed E-state index contributed by atoms with van der Waals surface area (Å²) >= 11 is 0. The normalized spacial score (nSPS) is 13.9. The van der Waals surface area contributed by atoms with E-state index >= 15 is 0 Å². The molecule has 0 fully saturated rings. The van der Waals surface area contributed by atoms with Gasteiger partial charge in [-0.05, 0) is 25.0 Å². The van der Waals surface area contributed by atoms with Crippen molar-refractivity contribution in [1.29, 1.82) is 0 Å². The molecule has 1 aliphatic rings. The Balaban J connectivity index is 1.53. The summed E-state index contributed by atoms with van der Waals surface area (Å²) in [5.41, 5.74) is 0.913. The van der Waals surface area contributed by atoms with E-state index in [1.807, 2.05) is 24.3 Å². The Morgan fingerprint density at radius 1 is 1.26 bits per heavy atom. The van der Waals surface area contributed by atoms with E-state index < -0.39 is 0 Å². The Kier molecular flexibility index (Phi) is 7.04. The maximum Gasteiger partial charge on any atom is 0.195 e. The summed E-state index contributed by atoms with van der Waals surface area (Å²) < 4.78 is 13.0. The molecule has 1 aliphatic heterocycles. The summed E-state index contributed by atoms with van der Waals surface area (Å²) in [4.78, 5) is 4.29. The number of fused-ring (bicyclic) bond motifs is 1. The highest BCUT2D eigenvalue weighted by Gasteiger charge is 2.15. The molecule has 2 N–H and O–H groups in total. The SMILES string of the molecule is CN=C(NCc1nnc2n1CCCC2)Nc1cccc(OCCCOC)c1. The van der Waals surface area contributed by atoms with Crippen LogP contribution in [0.1, 0.15) is 30.9 Å². The number of nitrogens with one attached hydrogen (secondary N) is 2. The molecule has 3 rings (SSSR count). The molecule has 0 saturated heterocycles. The Morgan fingerprint density at radius 3 is 3.04 bits per heavy atom. The minimum Gasteiger partial charge on any atom is -0.493 e. The Labute approximate surface area is 160 Å². The van der Waals surface area contributed by atoms with Gasteiger partial charge < -0.3 is 24.7 Å². The van der Waals surface area contributed by atoms with E-state index in [2.05, 4.69) is 30.4 Å². The van der Waals surface area contributed by atoms with Crippen LogP contribution in [0.5, 0.6) is 5.75 Å². The summed E-state index contributed by atoms with van der Waals surface area (Å²) in [6, 6.07) is 7.83. The number of anilines is 1. The van der Waals surface area contributed by atoms with Crippen LogP contribution in [0.4, 0.5) is 5.69 Å². The monoisotopic (exact) mass is 372 g/mol. The van der Waals surface area contributed by atoms with E-state index in [-0.39, 0.29) is 0 Å². The number of nitrogens with zero attached hydrogens (tertiary/aromatic N) is 4. The number of ether oxygens (including phenoxy) is 2. The van der Waals surface area contributed by atoms with E-state index in [0.29, 0.717) is 25.7 Å². The van der Waals surface area contributed by atoms with Crippen LogP contribution in [-0.4, -0.2) is 48.1 Å². The Morgan fingerprint density at radius 2 is 2.19 bits per heavy atom. The first kappa shape index (κ1) is 19.2. The quantitative estimate of drug-likeness (QED) is 0.420. The molecule has 0 aliphatic carbocycles. The number of aliphatic imine (C=N–C) groups is 1. The molecule has 0 radical (unpaired) electrons. The Bertz CT molecular complexity index is 758. The lowest BCUT2D eigenvalue weighted by Crippen LogP contribution is -2.31. The molecule has 0 unspecified atom stereocenters. The zero-order chi connectivity index (χ0) is 18.9. The molecule has 8 nitrogen and oxygen atoms in total. The second-order valence-corrected chi connectivity index (χ2v) is 6.41. The number of benzene rings is 1. The van der Waals surface area contributed by atoms with Crippen LogP contribution in [-0.2, 0) is 24.2 Å². The molecule has 8 heteroatoms. The van der Waals surface area contributed by atoms with Crippen LogP contribution in [0.15, 0.2) is 29.3 Å². The Hall–Kier alpha value is -2.61. The number of aryl methyl sites for hydroxylation is 1. The minimum atomic E-state index is 0.583. The predicted octanol–water partition coefficient (Wildman–Crippen LogP) is 2.22. The first-order valence-electron chi connectivity index (χ1n) is 9.40. The number of rotatable bonds is 8. The molecule has 2 aromatic rings. The zero-order valence-corrected chi connectivity index (χ0v) is 16.1. The molecule has 0 saturated carbocycles. The zero-order valence-electron chi connectivity index (χ0n) is 16.1.